The van der Waals surface area contributed by atoms with Gasteiger partial charge in [0.15, 0.2) is 5.75 Å². The fraction of sp³-hybridized carbons (Fsp3) is 0.375. The zero-order valence-corrected chi connectivity index (χ0v) is 22.4. The van der Waals surface area contributed by atoms with E-state index in [1.54, 1.807) is 12.1 Å². The summed E-state index contributed by atoms with van der Waals surface area (Å²) in [5.41, 5.74) is 6.96. The van der Waals surface area contributed by atoms with Gasteiger partial charge in [-0.1, -0.05) is 24.3 Å². The van der Waals surface area contributed by atoms with Gasteiger partial charge in [-0.25, -0.2) is 0 Å². The summed E-state index contributed by atoms with van der Waals surface area (Å²) in [6, 6.07) is 19.3. The Labute approximate surface area is 229 Å². The van der Waals surface area contributed by atoms with Crippen LogP contribution in [0.25, 0.3) is 11.1 Å². The number of halogens is 2. The fourth-order valence-electron chi connectivity index (χ4n) is 5.76. The van der Waals surface area contributed by atoms with Crippen LogP contribution in [0.2, 0.25) is 0 Å². The Kier molecular flexibility index (Phi) is 8.67. The molecule has 1 heterocycles. The lowest BCUT2D eigenvalue weighted by atomic mass is 9.87. The van der Waals surface area contributed by atoms with Crippen LogP contribution in [0.5, 0.6) is 17.2 Å². The molecule has 0 radical (unpaired) electrons. The molecule has 3 aromatic carbocycles. The van der Waals surface area contributed by atoms with E-state index >= 15 is 0 Å². The number of aryl methyl sites for hydroxylation is 1. The van der Waals surface area contributed by atoms with E-state index in [1.807, 2.05) is 43.3 Å². The maximum atomic E-state index is 13.0. The zero-order chi connectivity index (χ0) is 27.2. The summed E-state index contributed by atoms with van der Waals surface area (Å²) in [6.07, 6.45) is 4.09. The quantitative estimate of drug-likeness (QED) is 0.270. The molecule has 1 unspecified atom stereocenters. The first-order valence-electron chi connectivity index (χ1n) is 13.9. The average molecular weight is 535 g/mol. The van der Waals surface area contributed by atoms with Gasteiger partial charge in [-0.2, -0.15) is 0 Å². The Bertz CT molecular complexity index is 1310. The molecule has 2 N–H and O–H groups in total. The minimum atomic E-state index is -0.286. The number of fused-ring (bicyclic) bond motifs is 1. The molecule has 5 nitrogen and oxygen atoms in total. The number of alkyl halides is 1. The smallest absolute Gasteiger partial charge is 0.172 e. The molecule has 1 aliphatic carbocycles. The predicted octanol–water partition coefficient (Wildman–Crippen LogP) is 7.20. The van der Waals surface area contributed by atoms with Crippen molar-refractivity contribution in [3.63, 3.8) is 0 Å². The zero-order valence-electron chi connectivity index (χ0n) is 22.4. The number of nitrogens with one attached hydrogen (secondary N) is 1. The first-order valence-corrected chi connectivity index (χ1v) is 13.9. The average Bonchev–Trinajstić information content (AvgIpc) is 3.31. The van der Waals surface area contributed by atoms with Crippen LogP contribution in [0.4, 0.5) is 14.6 Å². The van der Waals surface area contributed by atoms with Crippen LogP contribution in [0.3, 0.4) is 0 Å². The van der Waals surface area contributed by atoms with Crippen LogP contribution in [0, 0.1) is 0 Å². The van der Waals surface area contributed by atoms with Gasteiger partial charge in [0.2, 0.25) is 0 Å². The molecular weight excluding hydrogens is 498 g/mol. The number of aromatic hydroxyl groups is 1. The lowest BCUT2D eigenvalue weighted by Gasteiger charge is -2.19. The highest BCUT2D eigenvalue weighted by Gasteiger charge is 2.24. The van der Waals surface area contributed by atoms with Crippen molar-refractivity contribution < 1.29 is 23.7 Å². The molecule has 5 rings (SSSR count). The molecular formula is C32H36F2N2O3. The van der Waals surface area contributed by atoms with Crippen molar-refractivity contribution in [3.05, 3.63) is 82.9 Å². The largest absolute Gasteiger partial charge is 0.506 e. The molecule has 3 aromatic rings. The Balaban J connectivity index is 1.49. The molecule has 39 heavy (non-hydrogen) atoms. The Hall–Kier alpha value is -3.58. The van der Waals surface area contributed by atoms with Crippen molar-refractivity contribution in [2.24, 2.45) is 0 Å². The summed E-state index contributed by atoms with van der Waals surface area (Å²) in [7, 11) is 0. The van der Waals surface area contributed by atoms with Crippen LogP contribution in [-0.4, -0.2) is 49.0 Å². The molecule has 0 saturated carbocycles. The van der Waals surface area contributed by atoms with E-state index in [2.05, 4.69) is 27.3 Å². The lowest BCUT2D eigenvalue weighted by molar-refractivity contribution is -0.00629. The molecule has 1 saturated heterocycles. The van der Waals surface area contributed by atoms with Gasteiger partial charge in [-0.3, -0.25) is 14.2 Å². The van der Waals surface area contributed by atoms with Crippen molar-refractivity contribution in [2.45, 2.75) is 45.1 Å². The second-order valence-electron chi connectivity index (χ2n) is 10.3. The number of anilines is 1. The van der Waals surface area contributed by atoms with Crippen LogP contribution in [0.15, 0.2) is 60.7 Å². The number of hydrogen-bond donors (Lipinski definition) is 2. The second-order valence-corrected chi connectivity index (χ2v) is 10.3. The number of rotatable bonds is 10. The number of benzene rings is 3. The van der Waals surface area contributed by atoms with Crippen molar-refractivity contribution >= 4 is 16.8 Å². The topological polar surface area (TPSA) is 54.0 Å². The van der Waals surface area contributed by atoms with E-state index in [0.717, 1.165) is 91.0 Å². The summed E-state index contributed by atoms with van der Waals surface area (Å²) in [4.78, 5) is 6.29. The maximum absolute atomic E-state index is 13.0. The van der Waals surface area contributed by atoms with Crippen molar-refractivity contribution in [1.29, 1.82) is 0 Å². The van der Waals surface area contributed by atoms with Crippen LogP contribution < -0.4 is 15.0 Å². The van der Waals surface area contributed by atoms with E-state index < -0.39 is 0 Å². The molecule has 1 aliphatic heterocycles. The van der Waals surface area contributed by atoms with E-state index in [1.165, 1.54) is 0 Å². The molecule has 206 valence electrons. The number of ether oxygens (including phenoxy) is 1. The number of phenols is 1. The third-order valence-electron chi connectivity index (χ3n) is 7.61. The fourth-order valence-corrected chi connectivity index (χ4v) is 5.76. The van der Waals surface area contributed by atoms with Gasteiger partial charge < -0.3 is 15.2 Å². The minimum absolute atomic E-state index is 0.0983. The first kappa shape index (κ1) is 27.0. The van der Waals surface area contributed by atoms with Crippen LogP contribution in [-0.2, 0) is 6.42 Å². The lowest BCUT2D eigenvalue weighted by Crippen LogP contribution is -2.26. The SMILES string of the molecule is CCNc1ccc(C2=C(c3ccc(OC4CCN(CCCF)C4)cc3)c3ccc(OF)cc3CCC2)cc1O. The Morgan fingerprint density at radius 1 is 1.00 bits per heavy atom. The summed E-state index contributed by atoms with van der Waals surface area (Å²) < 4.78 is 31.8. The highest BCUT2D eigenvalue weighted by atomic mass is 19.3. The standard InChI is InChI=1S/C32H36F2N2O3/c1-2-35-30-14-9-24(20-31(30)37)28-6-3-5-23-19-26(39-34)12-13-29(23)32(28)22-7-10-25(11-8-22)38-27-15-18-36(21-27)17-4-16-33/h7-14,19-20,27,35,37H,2-6,15-18,21H2,1H3. The Morgan fingerprint density at radius 2 is 1.79 bits per heavy atom. The van der Waals surface area contributed by atoms with E-state index in [-0.39, 0.29) is 24.3 Å². The van der Waals surface area contributed by atoms with E-state index in [9.17, 15) is 14.0 Å². The highest BCUT2D eigenvalue weighted by molar-refractivity contribution is 6.00. The van der Waals surface area contributed by atoms with Crippen LogP contribution >= 0.6 is 0 Å². The maximum Gasteiger partial charge on any atom is 0.172 e. The van der Waals surface area contributed by atoms with Gasteiger partial charge in [0.25, 0.3) is 0 Å². The molecule has 0 amide bonds. The summed E-state index contributed by atoms with van der Waals surface area (Å²) >= 11 is 0. The number of likely N-dealkylation sites (tertiary alicyclic amines) is 1. The van der Waals surface area contributed by atoms with Crippen molar-refractivity contribution in [3.8, 4) is 17.2 Å². The number of phenolic OH excluding ortho intramolecular Hbond substituents is 1. The first-order chi connectivity index (χ1) is 19.1. The van der Waals surface area contributed by atoms with Gasteiger partial charge in [0.1, 0.15) is 17.6 Å². The monoisotopic (exact) mass is 534 g/mol. The normalized spacial score (nSPS) is 17.6. The van der Waals surface area contributed by atoms with Crippen LogP contribution in [0.1, 0.15) is 54.9 Å². The highest BCUT2D eigenvalue weighted by Crippen LogP contribution is 2.42. The van der Waals surface area contributed by atoms with Crippen molar-refractivity contribution in [1.82, 2.24) is 4.90 Å². The summed E-state index contributed by atoms with van der Waals surface area (Å²) in [6.45, 7) is 4.94. The van der Waals surface area contributed by atoms with Gasteiger partial charge in [0, 0.05) is 30.7 Å². The van der Waals surface area contributed by atoms with Gasteiger partial charge >= 0.3 is 0 Å². The molecule has 1 atom stereocenters. The Morgan fingerprint density at radius 3 is 2.54 bits per heavy atom. The van der Waals surface area contributed by atoms with Gasteiger partial charge in [0.05, 0.1) is 12.4 Å². The third-order valence-corrected chi connectivity index (χ3v) is 7.61. The molecule has 1 fully saturated rings. The summed E-state index contributed by atoms with van der Waals surface area (Å²) in [5.74, 6) is 1.22. The van der Waals surface area contributed by atoms with Gasteiger partial charge in [-0.05, 0) is 109 Å². The van der Waals surface area contributed by atoms with Gasteiger partial charge in [-0.15, -0.1) is 0 Å². The number of nitrogens with zero attached hydrogens (tertiary/aromatic N) is 1. The second kappa shape index (κ2) is 12.5. The number of hydrogen-bond acceptors (Lipinski definition) is 5. The molecule has 7 heteroatoms. The third kappa shape index (κ3) is 6.19. The molecule has 2 aliphatic rings. The predicted molar refractivity (Wildman–Crippen MR) is 152 cm³/mol. The number of allylic oxidation sites excluding steroid dienone is 1. The minimum Gasteiger partial charge on any atom is -0.506 e. The van der Waals surface area contributed by atoms with E-state index in [4.69, 9.17) is 4.74 Å². The van der Waals surface area contributed by atoms with Crippen molar-refractivity contribution in [2.75, 3.05) is 38.2 Å². The summed E-state index contributed by atoms with van der Waals surface area (Å²) in [5, 5.41) is 13.9. The molecule has 0 aromatic heterocycles. The molecule has 0 spiro atoms. The van der Waals surface area contributed by atoms with E-state index in [0.29, 0.717) is 12.1 Å². The molecule has 0 bridgehead atoms.